The van der Waals surface area contributed by atoms with Crippen molar-refractivity contribution in [3.63, 3.8) is 0 Å². The average Bonchev–Trinajstić information content (AvgIpc) is 3.02. The Morgan fingerprint density at radius 3 is 2.67 bits per heavy atom. The minimum atomic E-state index is -0.961. The number of carbonyl (C=O) groups excluding carboxylic acids is 1. The highest BCUT2D eigenvalue weighted by molar-refractivity contribution is 7.07. The summed E-state index contributed by atoms with van der Waals surface area (Å²) in [5.74, 6) is -0.0718. The van der Waals surface area contributed by atoms with Gasteiger partial charge in [0.05, 0.1) is 11.1 Å². The summed E-state index contributed by atoms with van der Waals surface area (Å²) in [4.78, 5) is 18.0. The number of benzene rings is 1. The Kier molecular flexibility index (Phi) is 3.97. The van der Waals surface area contributed by atoms with Crippen LogP contribution in [-0.4, -0.2) is 34.0 Å². The fourth-order valence-corrected chi connectivity index (χ4v) is 3.51. The third-order valence-electron chi connectivity index (χ3n) is 3.90. The highest BCUT2D eigenvalue weighted by Gasteiger charge is 2.37. The Labute approximate surface area is 132 Å². The molecule has 2 heterocycles. The van der Waals surface area contributed by atoms with Crippen LogP contribution in [0.15, 0.2) is 35.2 Å². The third kappa shape index (κ3) is 2.81. The van der Waals surface area contributed by atoms with Crippen molar-refractivity contribution in [1.82, 2.24) is 9.88 Å². The van der Waals surface area contributed by atoms with E-state index >= 15 is 0 Å². The van der Waals surface area contributed by atoms with Gasteiger partial charge >= 0.3 is 0 Å². The lowest BCUT2D eigenvalue weighted by molar-refractivity contribution is -0.0211. The fraction of sp³-hybridized carbons (Fsp3) is 0.333. The number of aromatic nitrogens is 1. The molecule has 0 radical (unpaired) electrons. The SMILES string of the molecule is O=C(c1cscn1)N1CCC(O)(c2ccccc2Cl)CC1. The Morgan fingerprint density at radius 1 is 1.33 bits per heavy atom. The van der Waals surface area contributed by atoms with E-state index in [0.29, 0.717) is 36.6 Å². The molecule has 21 heavy (non-hydrogen) atoms. The summed E-state index contributed by atoms with van der Waals surface area (Å²) >= 11 is 7.58. The van der Waals surface area contributed by atoms with Gasteiger partial charge in [-0.2, -0.15) is 0 Å². The first-order chi connectivity index (χ1) is 10.1. The number of thiazole rings is 1. The van der Waals surface area contributed by atoms with Gasteiger partial charge in [0.2, 0.25) is 0 Å². The van der Waals surface area contributed by atoms with Crippen LogP contribution in [0.4, 0.5) is 0 Å². The number of hydrogen-bond donors (Lipinski definition) is 1. The summed E-state index contributed by atoms with van der Waals surface area (Å²) in [5, 5.41) is 13.1. The maximum Gasteiger partial charge on any atom is 0.273 e. The van der Waals surface area contributed by atoms with Gasteiger partial charge in [-0.3, -0.25) is 4.79 Å². The van der Waals surface area contributed by atoms with E-state index in [2.05, 4.69) is 4.98 Å². The molecule has 0 unspecified atom stereocenters. The van der Waals surface area contributed by atoms with E-state index in [1.807, 2.05) is 18.2 Å². The second kappa shape index (κ2) is 5.75. The van der Waals surface area contributed by atoms with Gasteiger partial charge in [0.1, 0.15) is 5.69 Å². The second-order valence-corrected chi connectivity index (χ2v) is 6.30. The molecule has 1 N–H and O–H groups in total. The molecule has 1 aromatic carbocycles. The van der Waals surface area contributed by atoms with Crippen LogP contribution >= 0.6 is 22.9 Å². The van der Waals surface area contributed by atoms with Crippen LogP contribution < -0.4 is 0 Å². The monoisotopic (exact) mass is 322 g/mol. The molecule has 1 aliphatic rings. The molecule has 1 fully saturated rings. The van der Waals surface area contributed by atoms with E-state index in [1.54, 1.807) is 21.9 Å². The van der Waals surface area contributed by atoms with Crippen LogP contribution in [-0.2, 0) is 5.60 Å². The van der Waals surface area contributed by atoms with Gasteiger partial charge in [0.15, 0.2) is 0 Å². The summed E-state index contributed by atoms with van der Waals surface area (Å²) in [7, 11) is 0. The molecule has 6 heteroatoms. The number of aliphatic hydroxyl groups is 1. The standard InChI is InChI=1S/C15H15ClN2O2S/c16-12-4-2-1-3-11(12)15(20)5-7-18(8-6-15)14(19)13-9-21-10-17-13/h1-4,9-10,20H,5-8H2. The van der Waals surface area contributed by atoms with Crippen LogP contribution in [0, 0.1) is 0 Å². The smallest absolute Gasteiger partial charge is 0.273 e. The molecule has 0 bridgehead atoms. The van der Waals surface area contributed by atoms with Gasteiger partial charge < -0.3 is 10.0 Å². The first kappa shape index (κ1) is 14.5. The molecule has 0 saturated carbocycles. The second-order valence-electron chi connectivity index (χ2n) is 5.18. The quantitative estimate of drug-likeness (QED) is 0.925. The molecule has 1 aliphatic heterocycles. The number of likely N-dealkylation sites (tertiary alicyclic amines) is 1. The molecule has 110 valence electrons. The number of amides is 1. The Balaban J connectivity index is 1.73. The van der Waals surface area contributed by atoms with Crippen molar-refractivity contribution in [2.75, 3.05) is 13.1 Å². The van der Waals surface area contributed by atoms with E-state index in [1.165, 1.54) is 11.3 Å². The minimum Gasteiger partial charge on any atom is -0.385 e. The Bertz CT molecular complexity index is 637. The van der Waals surface area contributed by atoms with Crippen LogP contribution in [0.25, 0.3) is 0 Å². The average molecular weight is 323 g/mol. The molecule has 3 rings (SSSR count). The van der Waals surface area contributed by atoms with Crippen molar-refractivity contribution in [2.24, 2.45) is 0 Å². The summed E-state index contributed by atoms with van der Waals surface area (Å²) in [6, 6.07) is 7.34. The van der Waals surface area contributed by atoms with Gasteiger partial charge in [0.25, 0.3) is 5.91 Å². The molecule has 0 aliphatic carbocycles. The zero-order valence-electron chi connectivity index (χ0n) is 11.3. The highest BCUT2D eigenvalue weighted by Crippen LogP contribution is 2.36. The lowest BCUT2D eigenvalue weighted by Crippen LogP contribution is -2.45. The minimum absolute atomic E-state index is 0.0718. The number of rotatable bonds is 2. The topological polar surface area (TPSA) is 53.4 Å². The zero-order chi connectivity index (χ0) is 14.9. The van der Waals surface area contributed by atoms with E-state index in [4.69, 9.17) is 11.6 Å². The highest BCUT2D eigenvalue weighted by atomic mass is 35.5. The van der Waals surface area contributed by atoms with Crippen LogP contribution in [0.1, 0.15) is 28.9 Å². The Hall–Kier alpha value is -1.43. The van der Waals surface area contributed by atoms with E-state index in [0.717, 1.165) is 5.56 Å². The molecular formula is C15H15ClN2O2S. The van der Waals surface area contributed by atoms with Crippen molar-refractivity contribution in [3.05, 3.63) is 51.4 Å². The van der Waals surface area contributed by atoms with Crippen LogP contribution in [0.5, 0.6) is 0 Å². The number of piperidine rings is 1. The summed E-state index contributed by atoms with van der Waals surface area (Å²) in [6.07, 6.45) is 0.958. The molecule has 0 spiro atoms. The molecule has 2 aromatic rings. The molecule has 1 amide bonds. The van der Waals surface area contributed by atoms with Crippen molar-refractivity contribution in [1.29, 1.82) is 0 Å². The first-order valence-electron chi connectivity index (χ1n) is 6.75. The van der Waals surface area contributed by atoms with Crippen LogP contribution in [0.2, 0.25) is 5.02 Å². The van der Waals surface area contributed by atoms with E-state index in [-0.39, 0.29) is 5.91 Å². The van der Waals surface area contributed by atoms with Gasteiger partial charge in [-0.1, -0.05) is 29.8 Å². The van der Waals surface area contributed by atoms with Gasteiger partial charge in [-0.25, -0.2) is 4.98 Å². The zero-order valence-corrected chi connectivity index (χ0v) is 12.9. The third-order valence-corrected chi connectivity index (χ3v) is 4.82. The lowest BCUT2D eigenvalue weighted by atomic mass is 9.84. The maximum atomic E-state index is 12.2. The summed E-state index contributed by atoms with van der Waals surface area (Å²) in [6.45, 7) is 0.996. The van der Waals surface area contributed by atoms with Crippen molar-refractivity contribution >= 4 is 28.8 Å². The predicted molar refractivity (Wildman–Crippen MR) is 82.6 cm³/mol. The number of nitrogens with zero attached hydrogens (tertiary/aromatic N) is 2. The number of carbonyl (C=O) groups is 1. The van der Waals surface area contributed by atoms with Gasteiger partial charge in [-0.15, -0.1) is 11.3 Å². The molecule has 0 atom stereocenters. The largest absolute Gasteiger partial charge is 0.385 e. The van der Waals surface area contributed by atoms with Gasteiger partial charge in [-0.05, 0) is 18.9 Å². The van der Waals surface area contributed by atoms with E-state index < -0.39 is 5.60 Å². The number of halogens is 1. The van der Waals surface area contributed by atoms with Crippen molar-refractivity contribution in [3.8, 4) is 0 Å². The molecule has 1 saturated heterocycles. The molecule has 4 nitrogen and oxygen atoms in total. The van der Waals surface area contributed by atoms with Crippen molar-refractivity contribution < 1.29 is 9.90 Å². The summed E-state index contributed by atoms with van der Waals surface area (Å²) < 4.78 is 0. The van der Waals surface area contributed by atoms with Crippen LogP contribution in [0.3, 0.4) is 0 Å². The molecule has 1 aromatic heterocycles. The first-order valence-corrected chi connectivity index (χ1v) is 8.07. The summed E-state index contributed by atoms with van der Waals surface area (Å²) in [5.41, 5.74) is 1.91. The van der Waals surface area contributed by atoms with Gasteiger partial charge in [0, 0.05) is 29.1 Å². The lowest BCUT2D eigenvalue weighted by Gasteiger charge is -2.38. The normalized spacial score (nSPS) is 17.7. The van der Waals surface area contributed by atoms with E-state index in [9.17, 15) is 9.90 Å². The maximum absolute atomic E-state index is 12.2. The number of hydrogen-bond acceptors (Lipinski definition) is 4. The van der Waals surface area contributed by atoms with Crippen molar-refractivity contribution in [2.45, 2.75) is 18.4 Å². The Morgan fingerprint density at radius 2 is 2.05 bits per heavy atom. The fourth-order valence-electron chi connectivity index (χ4n) is 2.67. The predicted octanol–water partition coefficient (Wildman–Crippen LogP) is 2.92. The molecular weight excluding hydrogens is 308 g/mol.